The fourth-order valence-corrected chi connectivity index (χ4v) is 7.11. The van der Waals surface area contributed by atoms with Crippen molar-refractivity contribution in [3.8, 4) is 5.75 Å². The van der Waals surface area contributed by atoms with Crippen molar-refractivity contribution in [1.29, 1.82) is 0 Å². The number of hydrogen-bond donors (Lipinski definition) is 1. The third-order valence-corrected chi connectivity index (χ3v) is 8.86. The minimum atomic E-state index is -0.425. The maximum Gasteiger partial charge on any atom is 0.341 e. The topological polar surface area (TPSA) is 99.0 Å². The Morgan fingerprint density at radius 1 is 1.14 bits per heavy atom. The molecule has 35 heavy (non-hydrogen) atoms. The number of nitrogens with zero attached hydrogens (tertiary/aromatic N) is 2. The van der Waals surface area contributed by atoms with Gasteiger partial charge in [0, 0.05) is 11.4 Å². The number of fused-ring (bicyclic) bond motifs is 2. The fourth-order valence-electron chi connectivity index (χ4n) is 4.08. The summed E-state index contributed by atoms with van der Waals surface area (Å²) in [5, 5.41) is 3.39. The number of methoxy groups -OCH3 is 2. The lowest BCUT2D eigenvalue weighted by atomic mass is 9.95. The summed E-state index contributed by atoms with van der Waals surface area (Å²) in [7, 11) is 2.97. The normalized spacial score (nSPS) is 13.5. The molecule has 1 aliphatic rings. The second-order valence-corrected chi connectivity index (χ2v) is 11.0. The van der Waals surface area contributed by atoms with E-state index in [4.69, 9.17) is 9.47 Å². The van der Waals surface area contributed by atoms with E-state index in [2.05, 4.69) is 10.3 Å². The van der Waals surface area contributed by atoms with Crippen molar-refractivity contribution in [2.24, 2.45) is 4.99 Å². The summed E-state index contributed by atoms with van der Waals surface area (Å²) in [6, 6.07) is 5.78. The van der Waals surface area contributed by atoms with Crippen LogP contribution in [0.1, 0.15) is 40.6 Å². The van der Waals surface area contributed by atoms with Crippen LogP contribution in [0.25, 0.3) is 10.2 Å². The molecule has 3 aromatic rings. The van der Waals surface area contributed by atoms with Crippen LogP contribution in [0.3, 0.4) is 0 Å². The first kappa shape index (κ1) is 25.5. The number of aromatic nitrogens is 1. The number of benzene rings is 1. The molecule has 8 nitrogen and oxygen atoms in total. The largest absolute Gasteiger partial charge is 0.497 e. The molecule has 0 bridgehead atoms. The van der Waals surface area contributed by atoms with Gasteiger partial charge in [-0.2, -0.15) is 4.99 Å². The van der Waals surface area contributed by atoms with Gasteiger partial charge in [0.1, 0.15) is 10.8 Å². The molecule has 1 aliphatic carbocycles. The van der Waals surface area contributed by atoms with Crippen molar-refractivity contribution < 1.29 is 23.9 Å². The monoisotopic (exact) mass is 533 g/mol. The first-order chi connectivity index (χ1) is 16.9. The van der Waals surface area contributed by atoms with E-state index < -0.39 is 5.97 Å². The number of nitrogens with one attached hydrogen (secondary N) is 1. The van der Waals surface area contributed by atoms with Gasteiger partial charge in [-0.1, -0.05) is 11.3 Å². The van der Waals surface area contributed by atoms with Crippen molar-refractivity contribution in [2.75, 3.05) is 31.0 Å². The smallest absolute Gasteiger partial charge is 0.341 e. The summed E-state index contributed by atoms with van der Waals surface area (Å²) in [5.74, 6) is -0.0641. The molecule has 0 saturated carbocycles. The number of hydrogen-bond acceptors (Lipinski definition) is 8. The zero-order valence-electron chi connectivity index (χ0n) is 19.8. The van der Waals surface area contributed by atoms with E-state index in [1.54, 1.807) is 7.11 Å². The number of thioether (sulfide) groups is 1. The molecule has 1 aromatic carbocycles. The summed E-state index contributed by atoms with van der Waals surface area (Å²) >= 11 is 4.08. The Morgan fingerprint density at radius 3 is 2.69 bits per heavy atom. The molecule has 2 aromatic heterocycles. The maximum atomic E-state index is 12.6. The number of carbonyl (C=O) groups is 3. The second-order valence-electron chi connectivity index (χ2n) is 7.92. The zero-order chi connectivity index (χ0) is 24.9. The van der Waals surface area contributed by atoms with Crippen molar-refractivity contribution in [3.05, 3.63) is 39.0 Å². The quantitative estimate of drug-likeness (QED) is 0.435. The van der Waals surface area contributed by atoms with Crippen molar-refractivity contribution in [3.63, 3.8) is 0 Å². The van der Waals surface area contributed by atoms with E-state index in [1.807, 2.05) is 29.7 Å². The van der Waals surface area contributed by atoms with E-state index in [-0.39, 0.29) is 23.3 Å². The van der Waals surface area contributed by atoms with E-state index in [0.29, 0.717) is 21.9 Å². The van der Waals surface area contributed by atoms with Gasteiger partial charge in [0.25, 0.3) is 5.91 Å². The summed E-state index contributed by atoms with van der Waals surface area (Å²) in [4.78, 5) is 43.5. The lowest BCUT2D eigenvalue weighted by molar-refractivity contribution is -0.115. The number of ether oxygens (including phenoxy) is 2. The summed E-state index contributed by atoms with van der Waals surface area (Å²) < 4.78 is 13.2. The molecular formula is C24H27N3O5S3. The van der Waals surface area contributed by atoms with Gasteiger partial charge in [-0.05, 0) is 56.4 Å². The predicted octanol–water partition coefficient (Wildman–Crippen LogP) is 4.26. The fraction of sp³-hybridized carbons (Fsp3) is 0.417. The van der Waals surface area contributed by atoms with E-state index in [1.165, 1.54) is 41.5 Å². The Kier molecular flexibility index (Phi) is 8.30. The molecule has 2 heterocycles. The average Bonchev–Trinajstić information content (AvgIpc) is 3.39. The molecule has 0 saturated heterocycles. The molecule has 2 amide bonds. The molecule has 11 heteroatoms. The Labute approximate surface area is 215 Å². The summed E-state index contributed by atoms with van der Waals surface area (Å²) in [6.45, 7) is 2.69. The Morgan fingerprint density at radius 2 is 1.94 bits per heavy atom. The van der Waals surface area contributed by atoms with Crippen LogP contribution >= 0.6 is 34.4 Å². The third kappa shape index (κ3) is 5.62. The SMILES string of the molecule is CCn1c(=NC(=O)CSCC(=O)Nc2sc3c(c2C(=O)OC)CCCC3)sc2cc(OC)ccc21. The van der Waals surface area contributed by atoms with Crippen LogP contribution in [0, 0.1) is 0 Å². The van der Waals surface area contributed by atoms with Gasteiger partial charge in [0.15, 0.2) is 4.80 Å². The molecule has 0 fully saturated rings. The van der Waals surface area contributed by atoms with Crippen LogP contribution in [0.4, 0.5) is 5.00 Å². The van der Waals surface area contributed by atoms with Crippen LogP contribution in [0.15, 0.2) is 23.2 Å². The lowest BCUT2D eigenvalue weighted by Crippen LogP contribution is -2.18. The van der Waals surface area contributed by atoms with E-state index in [0.717, 1.165) is 52.1 Å². The van der Waals surface area contributed by atoms with Crippen molar-refractivity contribution in [1.82, 2.24) is 4.57 Å². The van der Waals surface area contributed by atoms with Gasteiger partial charge in [-0.3, -0.25) is 9.59 Å². The lowest BCUT2D eigenvalue weighted by Gasteiger charge is -2.11. The Hall–Kier alpha value is -2.63. The molecular weight excluding hydrogens is 506 g/mol. The maximum absolute atomic E-state index is 12.6. The summed E-state index contributed by atoms with van der Waals surface area (Å²) in [6.07, 6.45) is 3.83. The first-order valence-corrected chi connectivity index (χ1v) is 14.1. The molecule has 0 spiro atoms. The molecule has 0 radical (unpaired) electrons. The van der Waals surface area contributed by atoms with Gasteiger partial charge in [-0.25, -0.2) is 4.79 Å². The number of thiophene rings is 1. The van der Waals surface area contributed by atoms with Gasteiger partial charge in [0.2, 0.25) is 5.91 Å². The first-order valence-electron chi connectivity index (χ1n) is 11.3. The molecule has 0 unspecified atom stereocenters. The molecule has 186 valence electrons. The number of rotatable bonds is 8. The highest BCUT2D eigenvalue weighted by Crippen LogP contribution is 2.38. The highest BCUT2D eigenvalue weighted by molar-refractivity contribution is 8.00. The van der Waals surface area contributed by atoms with Gasteiger partial charge in [0.05, 0.1) is 41.5 Å². The van der Waals surface area contributed by atoms with Gasteiger partial charge in [-0.15, -0.1) is 23.1 Å². The standard InChI is InChI=1S/C24H27N3O5S3/c1-4-27-16-10-9-14(31-2)11-18(16)35-24(27)26-20(29)13-33-12-19(28)25-22-21(23(30)32-3)15-7-5-6-8-17(15)34-22/h9-11H,4-8,12-13H2,1-3H3,(H,25,28). The second kappa shape index (κ2) is 11.4. The van der Waals surface area contributed by atoms with Crippen molar-refractivity contribution >= 4 is 67.4 Å². The van der Waals surface area contributed by atoms with Crippen LogP contribution in [0.2, 0.25) is 0 Å². The highest BCUT2D eigenvalue weighted by Gasteiger charge is 2.26. The van der Waals surface area contributed by atoms with Crippen LogP contribution < -0.4 is 14.9 Å². The number of amides is 2. The van der Waals surface area contributed by atoms with E-state index in [9.17, 15) is 14.4 Å². The number of anilines is 1. The Bertz CT molecular complexity index is 1340. The number of aryl methyl sites for hydroxylation is 2. The van der Waals surface area contributed by atoms with Crippen LogP contribution in [-0.2, 0) is 33.7 Å². The average molecular weight is 534 g/mol. The number of esters is 1. The zero-order valence-corrected chi connectivity index (χ0v) is 22.3. The molecule has 0 aliphatic heterocycles. The predicted molar refractivity (Wildman–Crippen MR) is 141 cm³/mol. The van der Waals surface area contributed by atoms with Gasteiger partial charge < -0.3 is 19.4 Å². The highest BCUT2D eigenvalue weighted by atomic mass is 32.2. The van der Waals surface area contributed by atoms with E-state index >= 15 is 0 Å². The minimum absolute atomic E-state index is 0.0828. The molecule has 0 atom stereocenters. The van der Waals surface area contributed by atoms with Gasteiger partial charge >= 0.3 is 5.97 Å². The van der Waals surface area contributed by atoms with Crippen LogP contribution in [0.5, 0.6) is 5.75 Å². The number of thiazole rings is 1. The Balaban J connectivity index is 1.40. The third-order valence-electron chi connectivity index (χ3n) is 5.70. The molecule has 4 rings (SSSR count). The van der Waals surface area contributed by atoms with Crippen molar-refractivity contribution in [2.45, 2.75) is 39.2 Å². The summed E-state index contributed by atoms with van der Waals surface area (Å²) in [5.41, 5.74) is 2.47. The molecule has 1 N–H and O–H groups in total. The minimum Gasteiger partial charge on any atom is -0.497 e. The van der Waals surface area contributed by atoms with Crippen LogP contribution in [-0.4, -0.2) is 48.1 Å². The number of carbonyl (C=O) groups excluding carboxylic acids is 3.